The molecule has 2 amide bonds. The molecule has 36 heavy (non-hydrogen) atoms. The van der Waals surface area contributed by atoms with Gasteiger partial charge in [-0.3, -0.25) is 14.6 Å². The lowest BCUT2D eigenvalue weighted by atomic mass is 10.1. The molecule has 2 atom stereocenters. The number of sulfonamides is 1. The molecular formula is C23H36N6O6S. The van der Waals surface area contributed by atoms with Crippen LogP contribution >= 0.6 is 0 Å². The zero-order chi connectivity index (χ0) is 26.7. The van der Waals surface area contributed by atoms with Crippen LogP contribution < -0.4 is 26.2 Å². The minimum Gasteiger partial charge on any atom is -0.497 e. The highest BCUT2D eigenvalue weighted by atomic mass is 32.2. The van der Waals surface area contributed by atoms with Crippen LogP contribution in [0.4, 0.5) is 0 Å². The average Bonchev–Trinajstić information content (AvgIpc) is 2.98. The van der Waals surface area contributed by atoms with Crippen molar-refractivity contribution in [2.45, 2.75) is 56.9 Å². The first-order chi connectivity index (χ1) is 17.0. The van der Waals surface area contributed by atoms with Crippen LogP contribution in [0.1, 0.15) is 43.2 Å². The zero-order valence-electron chi connectivity index (χ0n) is 20.7. The van der Waals surface area contributed by atoms with Gasteiger partial charge in [0.15, 0.2) is 5.96 Å². The molecule has 1 aliphatic rings. The van der Waals surface area contributed by atoms with Crippen LogP contribution in [-0.4, -0.2) is 76.2 Å². The van der Waals surface area contributed by atoms with Gasteiger partial charge in [-0.1, -0.05) is 6.07 Å². The summed E-state index contributed by atoms with van der Waals surface area (Å²) in [6.07, 6.45) is 3.02. The van der Waals surface area contributed by atoms with E-state index in [-0.39, 0.29) is 18.3 Å². The third-order valence-corrected chi connectivity index (χ3v) is 7.15. The first kappa shape index (κ1) is 29.0. The van der Waals surface area contributed by atoms with Gasteiger partial charge < -0.3 is 31.2 Å². The van der Waals surface area contributed by atoms with E-state index in [9.17, 15) is 22.8 Å². The Morgan fingerprint density at radius 3 is 2.75 bits per heavy atom. The number of nitrogens with zero attached hydrogens (tertiary/aromatic N) is 2. The van der Waals surface area contributed by atoms with Gasteiger partial charge in [-0.2, -0.15) is 0 Å². The number of hydrogen-bond donors (Lipinski definition) is 4. The maximum absolute atomic E-state index is 13.1. The molecule has 1 aliphatic heterocycles. The number of carbonyl (C=O) groups is 3. The van der Waals surface area contributed by atoms with Gasteiger partial charge in [0.2, 0.25) is 21.8 Å². The van der Waals surface area contributed by atoms with Crippen molar-refractivity contribution in [3.8, 4) is 5.75 Å². The molecule has 200 valence electrons. The molecule has 0 spiro atoms. The van der Waals surface area contributed by atoms with Crippen LogP contribution in [0.3, 0.4) is 0 Å². The number of aryl methyl sites for hydroxylation is 1. The fourth-order valence-corrected chi connectivity index (χ4v) is 5.34. The molecular weight excluding hydrogens is 488 g/mol. The number of likely N-dealkylation sites (tertiary alicyclic amines) is 1. The van der Waals surface area contributed by atoms with E-state index in [4.69, 9.17) is 16.2 Å². The topological polar surface area (TPSA) is 186 Å². The Balaban J connectivity index is 1.99. The molecule has 12 nitrogen and oxygen atoms in total. The average molecular weight is 525 g/mol. The highest BCUT2D eigenvalue weighted by Crippen LogP contribution is 2.20. The van der Waals surface area contributed by atoms with Crippen molar-refractivity contribution in [1.29, 1.82) is 0 Å². The van der Waals surface area contributed by atoms with Crippen molar-refractivity contribution in [3.05, 3.63) is 29.3 Å². The van der Waals surface area contributed by atoms with Gasteiger partial charge in [-0.15, -0.1) is 0 Å². The largest absolute Gasteiger partial charge is 0.497 e. The number of amides is 2. The van der Waals surface area contributed by atoms with E-state index < -0.39 is 33.9 Å². The van der Waals surface area contributed by atoms with Crippen molar-refractivity contribution in [2.24, 2.45) is 16.5 Å². The lowest BCUT2D eigenvalue weighted by Crippen LogP contribution is -2.51. The molecule has 1 heterocycles. The molecule has 0 radical (unpaired) electrons. The number of guanidine groups is 1. The minimum absolute atomic E-state index is 0.0508. The minimum atomic E-state index is -3.85. The van der Waals surface area contributed by atoms with Crippen LogP contribution in [0.2, 0.25) is 0 Å². The van der Waals surface area contributed by atoms with Crippen molar-refractivity contribution in [1.82, 2.24) is 14.9 Å². The molecule has 0 aliphatic carbocycles. The third kappa shape index (κ3) is 9.46. The molecule has 2 unspecified atom stereocenters. The lowest BCUT2D eigenvalue weighted by molar-refractivity contribution is -0.137. The molecule has 13 heteroatoms. The second-order valence-electron chi connectivity index (χ2n) is 8.74. The Morgan fingerprint density at radius 1 is 1.33 bits per heavy atom. The fraction of sp³-hybridized carbons (Fsp3) is 0.565. The summed E-state index contributed by atoms with van der Waals surface area (Å²) in [4.78, 5) is 42.1. The summed E-state index contributed by atoms with van der Waals surface area (Å²) in [5.74, 6) is -0.786. The Hall–Kier alpha value is -3.19. The van der Waals surface area contributed by atoms with Gasteiger partial charge in [0.05, 0.1) is 25.4 Å². The number of hydrogen-bond acceptors (Lipinski definition) is 7. The summed E-state index contributed by atoms with van der Waals surface area (Å²) in [6, 6.07) is 3.46. The van der Waals surface area contributed by atoms with Crippen LogP contribution in [0, 0.1) is 6.92 Å². The molecule has 1 aromatic carbocycles. The van der Waals surface area contributed by atoms with Gasteiger partial charge in [0, 0.05) is 13.1 Å². The molecule has 6 N–H and O–H groups in total. The van der Waals surface area contributed by atoms with Crippen LogP contribution in [0.25, 0.3) is 0 Å². The Kier molecular flexibility index (Phi) is 11.1. The number of nitrogens with one attached hydrogen (secondary N) is 2. The first-order valence-electron chi connectivity index (χ1n) is 11.8. The number of aliphatic imine (C=N–C) groups is 1. The maximum Gasteiger partial charge on any atom is 0.241 e. The Morgan fingerprint density at radius 2 is 2.08 bits per heavy atom. The predicted molar refractivity (Wildman–Crippen MR) is 136 cm³/mol. The highest BCUT2D eigenvalue weighted by Gasteiger charge is 2.31. The van der Waals surface area contributed by atoms with Crippen molar-refractivity contribution in [3.63, 3.8) is 0 Å². The standard InChI is InChI=1S/C23H36N6O6S/c1-16-8-9-19(35-2)12-17(16)15-36(33,34)28-20-7-3-4-11-29(22(20)32)13-21(31)27-18(14-30)6-5-10-26-23(24)25/h8-9,12,14,18,20,28H,3-7,10-11,13,15H2,1-2H3,(H,27,31)(H4,24,25,26). The molecule has 1 aromatic rings. The predicted octanol–water partition coefficient (Wildman–Crippen LogP) is -0.459. The molecule has 0 aromatic heterocycles. The summed E-state index contributed by atoms with van der Waals surface area (Å²) in [6.45, 7) is 2.17. The number of methoxy groups -OCH3 is 1. The van der Waals surface area contributed by atoms with E-state index in [0.29, 0.717) is 62.8 Å². The van der Waals surface area contributed by atoms with Gasteiger partial charge >= 0.3 is 0 Å². The second-order valence-corrected chi connectivity index (χ2v) is 10.5. The Labute approximate surface area is 211 Å². The van der Waals surface area contributed by atoms with E-state index >= 15 is 0 Å². The third-order valence-electron chi connectivity index (χ3n) is 5.82. The van der Waals surface area contributed by atoms with E-state index in [1.165, 1.54) is 12.0 Å². The smallest absolute Gasteiger partial charge is 0.241 e. The number of benzene rings is 1. The highest BCUT2D eigenvalue weighted by molar-refractivity contribution is 7.88. The Bertz CT molecular complexity index is 1060. The zero-order valence-corrected chi connectivity index (χ0v) is 21.6. The SMILES string of the molecule is COc1ccc(C)c(CS(=O)(=O)NC2CCCCN(CC(=O)NC(C=O)CCCN=C(N)N)C2=O)c1. The maximum atomic E-state index is 13.1. The summed E-state index contributed by atoms with van der Waals surface area (Å²) < 4.78 is 33.5. The van der Waals surface area contributed by atoms with Gasteiger partial charge in [-0.25, -0.2) is 13.1 Å². The number of nitrogens with two attached hydrogens (primary N) is 2. The molecule has 1 saturated heterocycles. The van der Waals surface area contributed by atoms with Gasteiger partial charge in [0.1, 0.15) is 18.1 Å². The van der Waals surface area contributed by atoms with Crippen molar-refractivity contribution >= 4 is 34.1 Å². The van der Waals surface area contributed by atoms with Crippen LogP contribution in [-0.2, 0) is 30.2 Å². The van der Waals surface area contributed by atoms with E-state index in [2.05, 4.69) is 15.0 Å². The summed E-state index contributed by atoms with van der Waals surface area (Å²) in [5, 5.41) is 2.59. The fourth-order valence-electron chi connectivity index (χ4n) is 3.88. The van der Waals surface area contributed by atoms with E-state index in [1.54, 1.807) is 25.1 Å². The summed E-state index contributed by atoms with van der Waals surface area (Å²) >= 11 is 0. The number of aldehydes is 1. The number of ether oxygens (including phenoxy) is 1. The molecule has 0 bridgehead atoms. The molecule has 1 fully saturated rings. The number of rotatable bonds is 13. The summed E-state index contributed by atoms with van der Waals surface area (Å²) in [7, 11) is -2.35. The number of carbonyl (C=O) groups excluding carboxylic acids is 3. The summed E-state index contributed by atoms with van der Waals surface area (Å²) in [5.41, 5.74) is 11.9. The van der Waals surface area contributed by atoms with E-state index in [0.717, 1.165) is 5.56 Å². The van der Waals surface area contributed by atoms with E-state index in [1.807, 2.05) is 0 Å². The molecule has 0 saturated carbocycles. The van der Waals surface area contributed by atoms with Gasteiger partial charge in [0.25, 0.3) is 0 Å². The van der Waals surface area contributed by atoms with Crippen molar-refractivity contribution in [2.75, 3.05) is 26.7 Å². The molecule has 2 rings (SSSR count). The van der Waals surface area contributed by atoms with Crippen LogP contribution in [0.15, 0.2) is 23.2 Å². The second kappa shape index (κ2) is 13.8. The normalized spacial score (nSPS) is 17.1. The van der Waals surface area contributed by atoms with Crippen molar-refractivity contribution < 1.29 is 27.5 Å². The van der Waals surface area contributed by atoms with Gasteiger partial charge in [-0.05, 0) is 62.3 Å². The lowest BCUT2D eigenvalue weighted by Gasteiger charge is -2.25. The first-order valence-corrected chi connectivity index (χ1v) is 13.4. The quantitative estimate of drug-likeness (QED) is 0.115. The monoisotopic (exact) mass is 524 g/mol. The van der Waals surface area contributed by atoms with Crippen LogP contribution in [0.5, 0.6) is 5.75 Å².